The van der Waals surface area contributed by atoms with Crippen molar-refractivity contribution in [2.75, 3.05) is 19.8 Å². The third kappa shape index (κ3) is 4.02. The van der Waals surface area contributed by atoms with Crippen molar-refractivity contribution in [2.45, 2.75) is 26.0 Å². The molecule has 1 aromatic heterocycles. The van der Waals surface area contributed by atoms with Gasteiger partial charge in [0.2, 0.25) is 11.8 Å². The van der Waals surface area contributed by atoms with E-state index in [9.17, 15) is 9.59 Å². The van der Waals surface area contributed by atoms with Crippen molar-refractivity contribution in [1.82, 2.24) is 10.3 Å². The predicted octanol–water partition coefficient (Wildman–Crippen LogP) is 1.01. The lowest BCUT2D eigenvalue weighted by Gasteiger charge is -2.23. The molecule has 1 aromatic carbocycles. The monoisotopic (exact) mass is 359 g/mol. The number of fused-ring (bicyclic) bond motifs is 1. The van der Waals surface area contributed by atoms with E-state index in [2.05, 4.69) is 10.3 Å². The van der Waals surface area contributed by atoms with E-state index in [1.807, 2.05) is 13.8 Å². The lowest BCUT2D eigenvalue weighted by Crippen LogP contribution is -2.48. The number of aromatic nitrogens is 1. The first-order valence-electron chi connectivity index (χ1n) is 8.33. The number of pyridine rings is 1. The molecule has 1 fully saturated rings. The molecule has 0 saturated carbocycles. The second-order valence-electron chi connectivity index (χ2n) is 6.31. The molecular weight excluding hydrogens is 338 g/mol. The number of benzene rings is 1. The van der Waals surface area contributed by atoms with Gasteiger partial charge >= 0.3 is 0 Å². The van der Waals surface area contributed by atoms with Gasteiger partial charge in [-0.2, -0.15) is 0 Å². The van der Waals surface area contributed by atoms with Gasteiger partial charge in [0.1, 0.15) is 19.0 Å². The van der Waals surface area contributed by atoms with Gasteiger partial charge in [-0.1, -0.05) is 0 Å². The molecule has 0 unspecified atom stereocenters. The molecule has 1 aliphatic heterocycles. The molecule has 1 atom stereocenters. The van der Waals surface area contributed by atoms with E-state index in [0.717, 1.165) is 5.39 Å². The summed E-state index contributed by atoms with van der Waals surface area (Å²) < 4.78 is 16.7. The summed E-state index contributed by atoms with van der Waals surface area (Å²) in [5, 5.41) is 4.24. The van der Waals surface area contributed by atoms with Crippen LogP contribution in [0.3, 0.4) is 0 Å². The van der Waals surface area contributed by atoms with Crippen LogP contribution in [0.25, 0.3) is 10.8 Å². The van der Waals surface area contributed by atoms with E-state index in [-0.39, 0.29) is 31.3 Å². The van der Waals surface area contributed by atoms with Crippen LogP contribution in [-0.2, 0) is 9.53 Å². The van der Waals surface area contributed by atoms with E-state index < -0.39 is 5.91 Å². The van der Waals surface area contributed by atoms with Gasteiger partial charge in [-0.25, -0.2) is 4.98 Å². The molecule has 0 bridgehead atoms. The van der Waals surface area contributed by atoms with Crippen molar-refractivity contribution in [3.05, 3.63) is 30.0 Å². The van der Waals surface area contributed by atoms with Gasteiger partial charge in [-0.3, -0.25) is 9.59 Å². The highest BCUT2D eigenvalue weighted by atomic mass is 16.5. The zero-order chi connectivity index (χ0) is 18.7. The fourth-order valence-electron chi connectivity index (χ4n) is 2.71. The Hall–Kier alpha value is -2.87. The second kappa shape index (κ2) is 7.57. The highest BCUT2D eigenvalue weighted by molar-refractivity contribution is 6.01. The Morgan fingerprint density at radius 1 is 1.46 bits per heavy atom. The standard InChI is InChI=1S/C18H21N3O5/c1-10(2)26-15-6-13-11(5-14(15)17(19)23)3-4-20-18(13)25-8-12-7-24-9-16(22)21-12/h3-6,10,12H,7-9H2,1-2H3,(H2,19,23)(H,21,22)/t12-/m0/s1. The molecule has 2 heterocycles. The van der Waals surface area contributed by atoms with Gasteiger partial charge in [0, 0.05) is 11.6 Å². The van der Waals surface area contributed by atoms with Crippen LogP contribution >= 0.6 is 0 Å². The molecule has 0 aliphatic carbocycles. The van der Waals surface area contributed by atoms with Crippen molar-refractivity contribution in [3.8, 4) is 11.6 Å². The Kier molecular flexibility index (Phi) is 5.22. The minimum Gasteiger partial charge on any atom is -0.490 e. The van der Waals surface area contributed by atoms with Crippen molar-refractivity contribution < 1.29 is 23.8 Å². The first kappa shape index (κ1) is 17.9. The summed E-state index contributed by atoms with van der Waals surface area (Å²) in [5.41, 5.74) is 5.77. The molecule has 8 nitrogen and oxygen atoms in total. The van der Waals surface area contributed by atoms with Crippen LogP contribution in [0.2, 0.25) is 0 Å². The number of rotatable bonds is 6. The van der Waals surface area contributed by atoms with Crippen LogP contribution in [0.15, 0.2) is 24.4 Å². The van der Waals surface area contributed by atoms with Crippen molar-refractivity contribution in [1.29, 1.82) is 0 Å². The number of carbonyl (C=O) groups excluding carboxylic acids is 2. The third-order valence-corrected chi connectivity index (χ3v) is 3.79. The number of hydrogen-bond acceptors (Lipinski definition) is 6. The maximum atomic E-state index is 11.7. The Bertz CT molecular complexity index is 837. The number of carbonyl (C=O) groups is 2. The maximum Gasteiger partial charge on any atom is 0.252 e. The molecular formula is C18H21N3O5. The van der Waals surface area contributed by atoms with Gasteiger partial charge in [-0.15, -0.1) is 0 Å². The number of primary amides is 1. The topological polar surface area (TPSA) is 113 Å². The minimum atomic E-state index is -0.566. The van der Waals surface area contributed by atoms with Gasteiger partial charge in [0.15, 0.2) is 0 Å². The number of hydrogen-bond donors (Lipinski definition) is 2. The van der Waals surface area contributed by atoms with Gasteiger partial charge in [0.25, 0.3) is 5.91 Å². The van der Waals surface area contributed by atoms with Crippen LogP contribution in [-0.4, -0.2) is 48.8 Å². The molecule has 0 radical (unpaired) electrons. The summed E-state index contributed by atoms with van der Waals surface area (Å²) in [4.78, 5) is 27.4. The molecule has 3 N–H and O–H groups in total. The largest absolute Gasteiger partial charge is 0.490 e. The molecule has 2 aromatic rings. The van der Waals surface area contributed by atoms with E-state index in [1.54, 1.807) is 24.4 Å². The molecule has 1 saturated heterocycles. The summed E-state index contributed by atoms with van der Waals surface area (Å²) in [6.45, 7) is 4.39. The third-order valence-electron chi connectivity index (χ3n) is 3.79. The predicted molar refractivity (Wildman–Crippen MR) is 94.3 cm³/mol. The number of morpholine rings is 1. The normalized spacial score (nSPS) is 17.2. The van der Waals surface area contributed by atoms with E-state index in [1.165, 1.54) is 0 Å². The van der Waals surface area contributed by atoms with E-state index in [4.69, 9.17) is 19.9 Å². The van der Waals surface area contributed by atoms with Crippen molar-refractivity contribution in [2.24, 2.45) is 5.73 Å². The highest BCUT2D eigenvalue weighted by Gasteiger charge is 2.20. The first-order chi connectivity index (χ1) is 12.4. The fraction of sp³-hybridized carbons (Fsp3) is 0.389. The average molecular weight is 359 g/mol. The van der Waals surface area contributed by atoms with E-state index >= 15 is 0 Å². The van der Waals surface area contributed by atoms with Crippen LogP contribution < -0.4 is 20.5 Å². The molecule has 138 valence electrons. The van der Waals surface area contributed by atoms with Gasteiger partial charge in [-0.05, 0) is 37.4 Å². The number of amides is 2. The summed E-state index contributed by atoms with van der Waals surface area (Å²) in [6.07, 6.45) is 1.46. The van der Waals surface area contributed by atoms with E-state index in [0.29, 0.717) is 29.2 Å². The quantitative estimate of drug-likeness (QED) is 0.796. The van der Waals surface area contributed by atoms with Crippen molar-refractivity contribution >= 4 is 22.6 Å². The van der Waals surface area contributed by atoms with Crippen LogP contribution in [0.1, 0.15) is 24.2 Å². The summed E-state index contributed by atoms with van der Waals surface area (Å²) >= 11 is 0. The maximum absolute atomic E-state index is 11.7. The van der Waals surface area contributed by atoms with Crippen LogP contribution in [0, 0.1) is 0 Å². The van der Waals surface area contributed by atoms with Crippen LogP contribution in [0.5, 0.6) is 11.6 Å². The summed E-state index contributed by atoms with van der Waals surface area (Å²) in [6, 6.07) is 4.88. The van der Waals surface area contributed by atoms with Crippen LogP contribution in [0.4, 0.5) is 0 Å². The average Bonchev–Trinajstić information content (AvgIpc) is 2.59. The Morgan fingerprint density at radius 2 is 2.27 bits per heavy atom. The molecule has 1 aliphatic rings. The molecule has 8 heteroatoms. The van der Waals surface area contributed by atoms with Crippen molar-refractivity contribution in [3.63, 3.8) is 0 Å². The summed E-state index contributed by atoms with van der Waals surface area (Å²) in [7, 11) is 0. The summed E-state index contributed by atoms with van der Waals surface area (Å²) in [5.74, 6) is 0.0254. The molecule has 2 amide bonds. The van der Waals surface area contributed by atoms with Gasteiger partial charge in [0.05, 0.1) is 24.3 Å². The smallest absolute Gasteiger partial charge is 0.252 e. The Balaban J connectivity index is 1.90. The minimum absolute atomic E-state index is 0.0643. The number of nitrogens with one attached hydrogen (secondary N) is 1. The number of nitrogens with two attached hydrogens (primary N) is 1. The zero-order valence-corrected chi connectivity index (χ0v) is 14.7. The number of ether oxygens (including phenoxy) is 3. The molecule has 0 spiro atoms. The fourth-order valence-corrected chi connectivity index (χ4v) is 2.71. The lowest BCUT2D eigenvalue weighted by atomic mass is 10.1. The highest BCUT2D eigenvalue weighted by Crippen LogP contribution is 2.31. The molecule has 3 rings (SSSR count). The Labute approximate surface area is 150 Å². The zero-order valence-electron chi connectivity index (χ0n) is 14.7. The Morgan fingerprint density at radius 3 is 2.96 bits per heavy atom. The molecule has 26 heavy (non-hydrogen) atoms. The van der Waals surface area contributed by atoms with Gasteiger partial charge < -0.3 is 25.3 Å². The SMILES string of the molecule is CC(C)Oc1cc2c(OC[C@@H]3COCC(=O)N3)nccc2cc1C(N)=O. The first-order valence-corrected chi connectivity index (χ1v) is 8.33. The second-order valence-corrected chi connectivity index (χ2v) is 6.31. The lowest BCUT2D eigenvalue weighted by molar-refractivity contribution is -0.131. The number of nitrogens with zero attached hydrogens (tertiary/aromatic N) is 1.